The Morgan fingerprint density at radius 1 is 1.39 bits per heavy atom. The van der Waals surface area contributed by atoms with E-state index in [1.54, 1.807) is 30.3 Å². The number of benzene rings is 2. The maximum atomic E-state index is 12.9. The highest BCUT2D eigenvalue weighted by Crippen LogP contribution is 2.34. The molecule has 0 radical (unpaired) electrons. The Bertz CT molecular complexity index is 1090. The van der Waals surface area contributed by atoms with E-state index in [1.165, 1.54) is 34.9 Å². The molecule has 2 aromatic rings. The van der Waals surface area contributed by atoms with Crippen LogP contribution in [0.1, 0.15) is 12.0 Å². The summed E-state index contributed by atoms with van der Waals surface area (Å²) >= 11 is 7.35. The fourth-order valence-electron chi connectivity index (χ4n) is 2.92. The van der Waals surface area contributed by atoms with Crippen molar-refractivity contribution < 1.29 is 14.5 Å². The Labute approximate surface area is 188 Å². The summed E-state index contributed by atoms with van der Waals surface area (Å²) in [6, 6.07) is 11.0. The molecule has 1 fully saturated rings. The maximum Gasteiger partial charge on any atom is 0.271 e. The molecule has 0 aliphatic carbocycles. The van der Waals surface area contributed by atoms with Gasteiger partial charge in [-0.05, 0) is 30.7 Å². The van der Waals surface area contributed by atoms with Crippen LogP contribution in [0.3, 0.4) is 0 Å². The molecule has 0 unspecified atom stereocenters. The van der Waals surface area contributed by atoms with Crippen LogP contribution >= 0.6 is 23.4 Å². The number of carbonyl (C=O) groups excluding carboxylic acids is 2. The van der Waals surface area contributed by atoms with Gasteiger partial charge < -0.3 is 5.32 Å². The Morgan fingerprint density at radius 2 is 2.13 bits per heavy atom. The molecular formula is C21H19ClN4O4S. The predicted octanol–water partition coefficient (Wildman–Crippen LogP) is 4.70. The Balaban J connectivity index is 1.77. The SMILES string of the molecule is C=CCN1C(=O)[C@H](CC(=O)Nc2cccc([N+](=O)[O-])c2)SC1=Nc1cccc(Cl)c1C. The van der Waals surface area contributed by atoms with Gasteiger partial charge in [-0.25, -0.2) is 4.99 Å². The second-order valence-electron chi connectivity index (χ2n) is 6.68. The summed E-state index contributed by atoms with van der Waals surface area (Å²) in [5.74, 6) is -0.678. The van der Waals surface area contributed by atoms with E-state index in [0.717, 1.165) is 5.56 Å². The number of thioether (sulfide) groups is 1. The number of hydrogen-bond donors (Lipinski definition) is 1. The van der Waals surface area contributed by atoms with E-state index in [-0.39, 0.29) is 24.6 Å². The zero-order chi connectivity index (χ0) is 22.5. The number of nitro groups is 1. The summed E-state index contributed by atoms with van der Waals surface area (Å²) < 4.78 is 0. The lowest BCUT2D eigenvalue weighted by Crippen LogP contribution is -2.33. The second-order valence-corrected chi connectivity index (χ2v) is 8.26. The molecule has 0 aromatic heterocycles. The largest absolute Gasteiger partial charge is 0.326 e. The number of amidine groups is 1. The number of nitro benzene ring substituents is 1. The number of halogens is 1. The minimum atomic E-state index is -0.670. The van der Waals surface area contributed by atoms with Crippen LogP contribution in [0.2, 0.25) is 5.02 Å². The van der Waals surface area contributed by atoms with Crippen molar-refractivity contribution in [1.29, 1.82) is 0 Å². The number of aliphatic imine (C=N–C) groups is 1. The summed E-state index contributed by atoms with van der Waals surface area (Å²) in [5.41, 5.74) is 1.59. The fourth-order valence-corrected chi connectivity index (χ4v) is 4.25. The molecule has 1 saturated heterocycles. The first-order chi connectivity index (χ1) is 14.8. The third-order valence-corrected chi connectivity index (χ3v) is 6.08. The summed E-state index contributed by atoms with van der Waals surface area (Å²) in [5, 5.41) is 13.9. The van der Waals surface area contributed by atoms with Gasteiger partial charge in [0.2, 0.25) is 11.8 Å². The van der Waals surface area contributed by atoms with E-state index in [0.29, 0.717) is 21.6 Å². The van der Waals surface area contributed by atoms with Crippen LogP contribution in [0.5, 0.6) is 0 Å². The molecule has 2 amide bonds. The number of hydrogen-bond acceptors (Lipinski definition) is 6. The van der Waals surface area contributed by atoms with Crippen LogP contribution in [0.25, 0.3) is 0 Å². The van der Waals surface area contributed by atoms with Crippen LogP contribution in [-0.4, -0.2) is 38.6 Å². The molecule has 1 heterocycles. The molecule has 0 bridgehead atoms. The topological polar surface area (TPSA) is 105 Å². The quantitative estimate of drug-likeness (QED) is 0.367. The molecule has 3 rings (SSSR count). The van der Waals surface area contributed by atoms with Gasteiger partial charge in [0, 0.05) is 35.8 Å². The van der Waals surface area contributed by atoms with Gasteiger partial charge in [0.05, 0.1) is 10.6 Å². The first-order valence-electron chi connectivity index (χ1n) is 9.27. The molecule has 8 nitrogen and oxygen atoms in total. The average molecular weight is 459 g/mol. The molecule has 1 aliphatic rings. The highest BCUT2D eigenvalue weighted by Gasteiger charge is 2.38. The van der Waals surface area contributed by atoms with Crippen molar-refractivity contribution in [2.45, 2.75) is 18.6 Å². The Morgan fingerprint density at radius 3 is 2.84 bits per heavy atom. The standard InChI is InChI=1S/C21H19ClN4O4S/c1-3-10-25-20(28)18(31-21(25)24-17-9-5-8-16(22)13(17)2)12-19(27)23-14-6-4-7-15(11-14)26(29)30/h3-9,11,18H,1,10,12H2,2H3,(H,23,27)/t18-/m0/s1. The minimum Gasteiger partial charge on any atom is -0.326 e. The second kappa shape index (κ2) is 9.76. The fraction of sp³-hybridized carbons (Fsp3) is 0.190. The van der Waals surface area contributed by atoms with Crippen molar-refractivity contribution in [1.82, 2.24) is 4.90 Å². The Kier molecular flexibility index (Phi) is 7.09. The van der Waals surface area contributed by atoms with Crippen molar-refractivity contribution in [3.8, 4) is 0 Å². The van der Waals surface area contributed by atoms with E-state index < -0.39 is 16.1 Å². The summed E-state index contributed by atoms with van der Waals surface area (Å²) in [7, 11) is 0. The van der Waals surface area contributed by atoms with Gasteiger partial charge in [-0.1, -0.05) is 41.6 Å². The first-order valence-corrected chi connectivity index (χ1v) is 10.5. The molecule has 2 aromatic carbocycles. The van der Waals surface area contributed by atoms with Crippen LogP contribution in [0.15, 0.2) is 60.1 Å². The molecule has 160 valence electrons. The minimum absolute atomic E-state index is 0.104. The number of amides is 2. The van der Waals surface area contributed by atoms with Crippen molar-refractivity contribution in [2.24, 2.45) is 4.99 Å². The third kappa shape index (κ3) is 5.31. The van der Waals surface area contributed by atoms with Crippen molar-refractivity contribution in [3.05, 3.63) is 75.8 Å². The number of nitrogens with one attached hydrogen (secondary N) is 1. The number of anilines is 1. The first kappa shape index (κ1) is 22.5. The molecular weight excluding hydrogens is 440 g/mol. The van der Waals surface area contributed by atoms with E-state index in [4.69, 9.17) is 11.6 Å². The van der Waals surface area contributed by atoms with E-state index in [1.807, 2.05) is 6.92 Å². The lowest BCUT2D eigenvalue weighted by atomic mass is 10.2. The smallest absolute Gasteiger partial charge is 0.271 e. The van der Waals surface area contributed by atoms with Crippen molar-refractivity contribution >= 4 is 57.4 Å². The van der Waals surface area contributed by atoms with Gasteiger partial charge in [-0.15, -0.1) is 6.58 Å². The summed E-state index contributed by atoms with van der Waals surface area (Å²) in [6.45, 7) is 5.78. The van der Waals surface area contributed by atoms with Crippen molar-refractivity contribution in [2.75, 3.05) is 11.9 Å². The summed E-state index contributed by atoms with van der Waals surface area (Å²) in [4.78, 5) is 41.8. The molecule has 0 saturated carbocycles. The molecule has 1 N–H and O–H groups in total. The van der Waals surface area contributed by atoms with Crippen LogP contribution in [0, 0.1) is 17.0 Å². The van der Waals surface area contributed by atoms with Gasteiger partial charge in [-0.2, -0.15) is 0 Å². The predicted molar refractivity (Wildman–Crippen MR) is 123 cm³/mol. The van der Waals surface area contributed by atoms with E-state index in [2.05, 4.69) is 16.9 Å². The number of carbonyl (C=O) groups is 2. The van der Waals surface area contributed by atoms with Crippen molar-refractivity contribution in [3.63, 3.8) is 0 Å². The zero-order valence-electron chi connectivity index (χ0n) is 16.6. The normalized spacial score (nSPS) is 17.1. The van der Waals surface area contributed by atoms with E-state index in [9.17, 15) is 19.7 Å². The number of rotatable bonds is 7. The lowest BCUT2D eigenvalue weighted by molar-refractivity contribution is -0.384. The molecule has 1 atom stereocenters. The van der Waals surface area contributed by atoms with Gasteiger partial charge in [-0.3, -0.25) is 24.6 Å². The summed E-state index contributed by atoms with van der Waals surface area (Å²) in [6.07, 6.45) is 1.48. The number of nitrogens with zero attached hydrogens (tertiary/aromatic N) is 3. The Hall–Kier alpha value is -3.17. The molecule has 10 heteroatoms. The van der Waals surface area contributed by atoms with Gasteiger partial charge >= 0.3 is 0 Å². The number of non-ortho nitro benzene ring substituents is 1. The highest BCUT2D eigenvalue weighted by atomic mass is 35.5. The van der Waals surface area contributed by atoms with Crippen LogP contribution in [0.4, 0.5) is 17.1 Å². The molecule has 31 heavy (non-hydrogen) atoms. The van der Waals surface area contributed by atoms with Crippen LogP contribution < -0.4 is 5.32 Å². The monoisotopic (exact) mass is 458 g/mol. The van der Waals surface area contributed by atoms with Gasteiger partial charge in [0.15, 0.2) is 5.17 Å². The zero-order valence-corrected chi connectivity index (χ0v) is 18.2. The van der Waals surface area contributed by atoms with Gasteiger partial charge in [0.25, 0.3) is 5.69 Å². The third-order valence-electron chi connectivity index (χ3n) is 4.50. The maximum absolute atomic E-state index is 12.9. The molecule has 1 aliphatic heterocycles. The van der Waals surface area contributed by atoms with Crippen LogP contribution in [-0.2, 0) is 9.59 Å². The highest BCUT2D eigenvalue weighted by molar-refractivity contribution is 8.15. The van der Waals surface area contributed by atoms with Gasteiger partial charge in [0.1, 0.15) is 5.25 Å². The molecule has 0 spiro atoms. The van der Waals surface area contributed by atoms with E-state index >= 15 is 0 Å². The average Bonchev–Trinajstić information content (AvgIpc) is 3.00. The lowest BCUT2D eigenvalue weighted by Gasteiger charge is -2.14.